The van der Waals surface area contributed by atoms with Crippen LogP contribution in [0.2, 0.25) is 0 Å². The van der Waals surface area contributed by atoms with Gasteiger partial charge in [0, 0.05) is 34.4 Å². The molecule has 2 N–H and O–H groups in total. The molecule has 0 fully saturated rings. The first kappa shape index (κ1) is 22.5. The van der Waals surface area contributed by atoms with E-state index in [0.29, 0.717) is 16.2 Å². The quantitative estimate of drug-likeness (QED) is 0.563. The molecular formula is C19H19ClF2NO3PS. The fourth-order valence-corrected chi connectivity index (χ4v) is 4.94. The highest BCUT2D eigenvalue weighted by atomic mass is 35.5. The molecule has 9 heteroatoms. The van der Waals surface area contributed by atoms with Crippen molar-refractivity contribution in [3.05, 3.63) is 68.0 Å². The van der Waals surface area contributed by atoms with Gasteiger partial charge in [-0.1, -0.05) is 11.6 Å². The lowest BCUT2D eigenvalue weighted by Crippen LogP contribution is -2.25. The molecule has 2 aromatic rings. The van der Waals surface area contributed by atoms with E-state index in [1.54, 1.807) is 18.4 Å². The number of rotatable bonds is 6. The van der Waals surface area contributed by atoms with Crippen LogP contribution in [0.15, 0.2) is 34.8 Å². The van der Waals surface area contributed by atoms with Gasteiger partial charge in [0.25, 0.3) is 0 Å². The summed E-state index contributed by atoms with van der Waals surface area (Å²) < 4.78 is 39.1. The number of carbonyl (C=O) groups is 1. The Hall–Kier alpha value is -1.79. The summed E-state index contributed by atoms with van der Waals surface area (Å²) >= 11 is 7.29. The van der Waals surface area contributed by atoms with E-state index in [-0.39, 0.29) is 5.56 Å². The van der Waals surface area contributed by atoms with E-state index in [9.17, 15) is 23.0 Å². The van der Waals surface area contributed by atoms with Crippen molar-refractivity contribution in [1.82, 2.24) is 5.32 Å². The minimum atomic E-state index is -3.87. The molecule has 0 radical (unpaired) electrons. The van der Waals surface area contributed by atoms with Gasteiger partial charge < -0.3 is 10.2 Å². The van der Waals surface area contributed by atoms with Crippen molar-refractivity contribution in [2.45, 2.75) is 19.5 Å². The van der Waals surface area contributed by atoms with Gasteiger partial charge in [-0.3, -0.25) is 9.36 Å². The van der Waals surface area contributed by atoms with E-state index >= 15 is 0 Å². The predicted molar refractivity (Wildman–Crippen MR) is 111 cm³/mol. The zero-order chi connectivity index (χ0) is 21.1. The van der Waals surface area contributed by atoms with Crippen LogP contribution in [-0.4, -0.2) is 17.5 Å². The molecule has 1 amide bonds. The number of carbonyl (C=O) groups excluding carboxylic acids is 1. The number of benzene rings is 1. The Bertz CT molecular complexity index is 993. The van der Waals surface area contributed by atoms with E-state index in [0.717, 1.165) is 29.9 Å². The number of hydrogen-bond acceptors (Lipinski definition) is 3. The first-order valence-corrected chi connectivity index (χ1v) is 11.6. The van der Waals surface area contributed by atoms with E-state index in [4.69, 9.17) is 11.6 Å². The highest BCUT2D eigenvalue weighted by molar-refractivity contribution is 7.58. The Kier molecular flexibility index (Phi) is 7.34. The third-order valence-corrected chi connectivity index (χ3v) is 6.39. The SMILES string of the molecule is C/C(Cl)=C\c1c(C(C(=O)N/C=C/c2ccc(F)cc2F)P(C)(=O)O)csc1C. The maximum absolute atomic E-state index is 13.7. The van der Waals surface area contributed by atoms with Gasteiger partial charge in [0.1, 0.15) is 17.3 Å². The third-order valence-electron chi connectivity index (χ3n) is 3.87. The van der Waals surface area contributed by atoms with Crippen molar-refractivity contribution < 1.29 is 23.0 Å². The predicted octanol–water partition coefficient (Wildman–Crippen LogP) is 5.66. The Balaban J connectivity index is 2.32. The van der Waals surface area contributed by atoms with E-state index in [1.807, 2.05) is 6.92 Å². The lowest BCUT2D eigenvalue weighted by atomic mass is 10.1. The van der Waals surface area contributed by atoms with Gasteiger partial charge in [-0.15, -0.1) is 11.3 Å². The van der Waals surface area contributed by atoms with Crippen LogP contribution in [0.4, 0.5) is 8.78 Å². The van der Waals surface area contributed by atoms with Gasteiger partial charge in [0.2, 0.25) is 13.3 Å². The maximum atomic E-state index is 13.7. The van der Waals surface area contributed by atoms with Crippen LogP contribution < -0.4 is 5.32 Å². The first-order chi connectivity index (χ1) is 13.0. The lowest BCUT2D eigenvalue weighted by Gasteiger charge is -2.19. The molecule has 0 aliphatic carbocycles. The van der Waals surface area contributed by atoms with Crippen LogP contribution >= 0.6 is 30.3 Å². The smallest absolute Gasteiger partial charge is 0.241 e. The first-order valence-electron chi connectivity index (χ1n) is 8.14. The average molecular weight is 446 g/mol. The molecule has 0 bridgehead atoms. The standard InChI is InChI=1S/C19H19ClF2NO3PS/c1-11(20)8-15-12(2)28-10-16(15)18(27(3,25)26)19(24)23-7-6-13-4-5-14(21)9-17(13)22/h4-10,18H,1-3H3,(H,23,24)(H,25,26)/b7-6+,11-8+. The van der Waals surface area contributed by atoms with Crippen molar-refractivity contribution in [2.24, 2.45) is 0 Å². The van der Waals surface area contributed by atoms with Crippen molar-refractivity contribution in [3.63, 3.8) is 0 Å². The van der Waals surface area contributed by atoms with Gasteiger partial charge >= 0.3 is 0 Å². The van der Waals surface area contributed by atoms with Crippen molar-refractivity contribution in [3.8, 4) is 0 Å². The number of amides is 1. The number of hydrogen-bond donors (Lipinski definition) is 2. The highest BCUT2D eigenvalue weighted by Crippen LogP contribution is 2.54. The number of halogens is 3. The van der Waals surface area contributed by atoms with Gasteiger partial charge in [0.15, 0.2) is 0 Å². The molecular weight excluding hydrogens is 427 g/mol. The summed E-state index contributed by atoms with van der Waals surface area (Å²) in [7, 11) is -3.87. The fraction of sp³-hybridized carbons (Fsp3) is 0.211. The third kappa shape index (κ3) is 5.61. The van der Waals surface area contributed by atoms with Crippen LogP contribution in [0.5, 0.6) is 0 Å². The van der Waals surface area contributed by atoms with Crippen molar-refractivity contribution >= 4 is 48.4 Å². The summed E-state index contributed by atoms with van der Waals surface area (Å²) in [6.07, 6.45) is 4.04. The number of aryl methyl sites for hydroxylation is 1. The van der Waals surface area contributed by atoms with Gasteiger partial charge in [-0.05, 0) is 54.6 Å². The molecule has 1 aromatic carbocycles. The molecule has 2 rings (SSSR count). The van der Waals surface area contributed by atoms with E-state index in [1.165, 1.54) is 23.5 Å². The van der Waals surface area contributed by atoms with Crippen LogP contribution in [0, 0.1) is 18.6 Å². The average Bonchev–Trinajstić information content (AvgIpc) is 2.89. The molecule has 4 nitrogen and oxygen atoms in total. The minimum absolute atomic E-state index is 0.0645. The van der Waals surface area contributed by atoms with Crippen molar-refractivity contribution in [1.29, 1.82) is 0 Å². The molecule has 28 heavy (non-hydrogen) atoms. The number of allylic oxidation sites excluding steroid dienone is 1. The molecule has 1 heterocycles. The summed E-state index contributed by atoms with van der Waals surface area (Å²) in [4.78, 5) is 23.7. The summed E-state index contributed by atoms with van der Waals surface area (Å²) in [5.41, 5.74) is -0.228. The Morgan fingerprint density at radius 1 is 1.39 bits per heavy atom. The summed E-state index contributed by atoms with van der Waals surface area (Å²) in [6.45, 7) is 4.60. The largest absolute Gasteiger partial charge is 0.344 e. The number of nitrogens with one attached hydrogen (secondary N) is 1. The van der Waals surface area contributed by atoms with E-state index < -0.39 is 30.6 Å². The minimum Gasteiger partial charge on any atom is -0.344 e. The van der Waals surface area contributed by atoms with Crippen molar-refractivity contribution in [2.75, 3.05) is 6.66 Å². The van der Waals surface area contributed by atoms with E-state index in [2.05, 4.69) is 5.32 Å². The monoisotopic (exact) mass is 445 g/mol. The molecule has 0 spiro atoms. The summed E-state index contributed by atoms with van der Waals surface area (Å²) in [6, 6.07) is 3.03. The van der Waals surface area contributed by atoms with Crippen LogP contribution in [-0.2, 0) is 9.36 Å². The molecule has 150 valence electrons. The lowest BCUT2D eigenvalue weighted by molar-refractivity contribution is -0.120. The van der Waals surface area contributed by atoms with Crippen LogP contribution in [0.25, 0.3) is 12.2 Å². The molecule has 2 atom stereocenters. The molecule has 0 saturated heterocycles. The number of thiophene rings is 1. The zero-order valence-corrected chi connectivity index (χ0v) is 17.8. The second-order valence-corrected chi connectivity index (χ2v) is 10.3. The Morgan fingerprint density at radius 2 is 2.07 bits per heavy atom. The second-order valence-electron chi connectivity index (χ2n) is 6.25. The normalized spacial score (nSPS) is 15.5. The van der Waals surface area contributed by atoms with Gasteiger partial charge in [0.05, 0.1) is 0 Å². The topological polar surface area (TPSA) is 66.4 Å². The Morgan fingerprint density at radius 3 is 2.64 bits per heavy atom. The second kappa shape index (κ2) is 9.14. The van der Waals surface area contributed by atoms with Gasteiger partial charge in [-0.25, -0.2) is 8.78 Å². The van der Waals surface area contributed by atoms with Crippen LogP contribution in [0.3, 0.4) is 0 Å². The highest BCUT2D eigenvalue weighted by Gasteiger charge is 2.36. The molecule has 0 aliphatic rings. The van der Waals surface area contributed by atoms with Gasteiger partial charge in [-0.2, -0.15) is 0 Å². The molecule has 1 aromatic heterocycles. The molecule has 0 aliphatic heterocycles. The van der Waals surface area contributed by atoms with Crippen LogP contribution in [0.1, 0.15) is 34.2 Å². The maximum Gasteiger partial charge on any atom is 0.241 e. The molecule has 2 unspecified atom stereocenters. The summed E-state index contributed by atoms with van der Waals surface area (Å²) in [5.74, 6) is -2.22. The fourth-order valence-electron chi connectivity index (χ4n) is 2.62. The zero-order valence-electron chi connectivity index (χ0n) is 15.4. The molecule has 0 saturated carbocycles. The summed E-state index contributed by atoms with van der Waals surface area (Å²) in [5, 5.41) is 4.53. The Labute approximate surface area is 171 Å².